The highest BCUT2D eigenvalue weighted by molar-refractivity contribution is 9.08. The van der Waals surface area contributed by atoms with Crippen LogP contribution in [0, 0.1) is 11.3 Å². The van der Waals surface area contributed by atoms with Crippen molar-refractivity contribution in [3.8, 4) is 6.07 Å². The molecule has 0 saturated heterocycles. The molecular weight excluding hydrogens is 311 g/mol. The second-order valence-corrected chi connectivity index (χ2v) is 3.53. The first-order chi connectivity index (χ1) is 7.81. The van der Waals surface area contributed by atoms with Crippen LogP contribution in [-0.4, -0.2) is 4.98 Å². The Morgan fingerprint density at radius 1 is 1.41 bits per heavy atom. The zero-order chi connectivity index (χ0) is 13.2. The Bertz CT molecular complexity index is 464. The summed E-state index contributed by atoms with van der Waals surface area (Å²) in [5, 5.41) is 8.52. The van der Waals surface area contributed by atoms with Crippen LogP contribution in [0.4, 0.5) is 22.0 Å². The van der Waals surface area contributed by atoms with Crippen LogP contribution in [0.15, 0.2) is 6.07 Å². The van der Waals surface area contributed by atoms with Crippen molar-refractivity contribution in [2.75, 3.05) is 0 Å². The molecule has 8 heteroatoms. The predicted molar refractivity (Wildman–Crippen MR) is 51.5 cm³/mol. The molecule has 0 saturated carbocycles. The van der Waals surface area contributed by atoms with Gasteiger partial charge in [0, 0.05) is 10.9 Å². The van der Waals surface area contributed by atoms with Crippen molar-refractivity contribution in [1.82, 2.24) is 4.98 Å². The zero-order valence-corrected chi connectivity index (χ0v) is 9.61. The van der Waals surface area contributed by atoms with Crippen molar-refractivity contribution in [2.24, 2.45) is 0 Å². The van der Waals surface area contributed by atoms with Gasteiger partial charge in [0.05, 0.1) is 5.69 Å². The molecule has 1 aromatic rings. The minimum absolute atomic E-state index is 0.0143. The molecule has 1 heterocycles. The Labute approximate surface area is 101 Å². The maximum absolute atomic E-state index is 12.6. The molecule has 0 aliphatic carbocycles. The van der Waals surface area contributed by atoms with E-state index in [2.05, 4.69) is 20.9 Å². The number of rotatable bonds is 2. The van der Waals surface area contributed by atoms with Crippen molar-refractivity contribution in [1.29, 1.82) is 5.26 Å². The molecule has 0 aliphatic heterocycles. The van der Waals surface area contributed by atoms with Crippen LogP contribution in [0.3, 0.4) is 0 Å². The van der Waals surface area contributed by atoms with Gasteiger partial charge in [-0.25, -0.2) is 13.8 Å². The van der Waals surface area contributed by atoms with Crippen molar-refractivity contribution in [3.63, 3.8) is 0 Å². The summed E-state index contributed by atoms with van der Waals surface area (Å²) >= 11 is 2.88. The van der Waals surface area contributed by atoms with Crippen molar-refractivity contribution >= 4 is 15.9 Å². The Hall–Kier alpha value is -1.23. The summed E-state index contributed by atoms with van der Waals surface area (Å²) in [6.07, 6.45) is -8.35. The summed E-state index contributed by atoms with van der Waals surface area (Å²) in [6, 6.07) is 1.83. The molecule has 92 valence electrons. The number of pyridine rings is 1. The maximum Gasteiger partial charge on any atom is 0.419 e. The summed E-state index contributed by atoms with van der Waals surface area (Å²) in [7, 11) is 0. The Morgan fingerprint density at radius 2 is 2.00 bits per heavy atom. The summed E-state index contributed by atoms with van der Waals surface area (Å²) in [6.45, 7) is 0. The van der Waals surface area contributed by atoms with E-state index >= 15 is 0 Å². The first-order valence-corrected chi connectivity index (χ1v) is 5.28. The topological polar surface area (TPSA) is 36.7 Å². The molecule has 0 bridgehead atoms. The van der Waals surface area contributed by atoms with Crippen LogP contribution in [0.2, 0.25) is 0 Å². The average molecular weight is 315 g/mol. The van der Waals surface area contributed by atoms with Gasteiger partial charge in [0.2, 0.25) is 0 Å². The lowest BCUT2D eigenvalue weighted by Crippen LogP contribution is -2.14. The molecule has 0 unspecified atom stereocenters. The van der Waals surface area contributed by atoms with E-state index in [9.17, 15) is 22.0 Å². The molecule has 0 radical (unpaired) electrons. The number of nitrogens with zero attached hydrogens (tertiary/aromatic N) is 2. The second-order valence-electron chi connectivity index (χ2n) is 2.97. The van der Waals surface area contributed by atoms with Gasteiger partial charge in [-0.1, -0.05) is 15.9 Å². The third-order valence-electron chi connectivity index (χ3n) is 1.86. The molecule has 0 amide bonds. The first-order valence-electron chi connectivity index (χ1n) is 4.16. The van der Waals surface area contributed by atoms with E-state index in [1.807, 2.05) is 0 Å². The summed E-state index contributed by atoms with van der Waals surface area (Å²) in [5.41, 5.74) is -3.98. The van der Waals surface area contributed by atoms with Gasteiger partial charge in [-0.2, -0.15) is 18.4 Å². The first kappa shape index (κ1) is 13.8. The van der Waals surface area contributed by atoms with E-state index in [0.717, 1.165) is 0 Å². The van der Waals surface area contributed by atoms with Gasteiger partial charge in [-0.05, 0) is 6.07 Å². The van der Waals surface area contributed by atoms with Crippen molar-refractivity contribution in [3.05, 3.63) is 28.6 Å². The molecule has 0 aliphatic rings. The Kier molecular flexibility index (Phi) is 4.03. The molecule has 0 N–H and O–H groups in total. The van der Waals surface area contributed by atoms with E-state index in [-0.39, 0.29) is 11.0 Å². The summed E-state index contributed by atoms with van der Waals surface area (Å²) in [5.74, 6) is 0. The number of alkyl halides is 6. The lowest BCUT2D eigenvalue weighted by Gasteiger charge is -2.14. The van der Waals surface area contributed by atoms with Crippen molar-refractivity contribution in [2.45, 2.75) is 17.9 Å². The molecular formula is C9H4BrF5N2. The highest BCUT2D eigenvalue weighted by atomic mass is 79.9. The Morgan fingerprint density at radius 3 is 2.35 bits per heavy atom. The van der Waals surface area contributed by atoms with Gasteiger partial charge in [-0.15, -0.1) is 0 Å². The molecule has 2 nitrogen and oxygen atoms in total. The van der Waals surface area contributed by atoms with Gasteiger partial charge in [-0.3, -0.25) is 0 Å². The standard InChI is InChI=1S/C9H4BrF5N2/c10-2-4-1-5(8(11)12)7(9(13,14)15)6(3-16)17-4/h1,8H,2H2. The largest absolute Gasteiger partial charge is 0.419 e. The Balaban J connectivity index is 3.60. The molecule has 1 aromatic heterocycles. The fourth-order valence-electron chi connectivity index (χ4n) is 1.24. The molecule has 1 rings (SSSR count). The van der Waals surface area contributed by atoms with Crippen LogP contribution in [0.1, 0.15) is 28.9 Å². The SMILES string of the molecule is N#Cc1nc(CBr)cc(C(F)F)c1C(F)(F)F. The van der Waals surface area contributed by atoms with Crippen LogP contribution >= 0.6 is 15.9 Å². The van der Waals surface area contributed by atoms with Crippen LogP contribution < -0.4 is 0 Å². The second kappa shape index (κ2) is 4.96. The fourth-order valence-corrected chi connectivity index (χ4v) is 1.53. The van der Waals surface area contributed by atoms with Crippen LogP contribution in [0.25, 0.3) is 0 Å². The third kappa shape index (κ3) is 2.91. The number of nitriles is 1. The number of halogens is 6. The summed E-state index contributed by atoms with van der Waals surface area (Å²) in [4.78, 5) is 3.36. The van der Waals surface area contributed by atoms with E-state index in [1.165, 1.54) is 6.07 Å². The van der Waals surface area contributed by atoms with E-state index in [4.69, 9.17) is 5.26 Å². The van der Waals surface area contributed by atoms with E-state index < -0.39 is 29.4 Å². The highest BCUT2D eigenvalue weighted by Crippen LogP contribution is 2.38. The number of hydrogen-bond acceptors (Lipinski definition) is 2. The van der Waals surface area contributed by atoms with E-state index in [1.54, 1.807) is 0 Å². The quantitative estimate of drug-likeness (QED) is 0.615. The van der Waals surface area contributed by atoms with E-state index in [0.29, 0.717) is 6.07 Å². The normalized spacial score (nSPS) is 11.6. The van der Waals surface area contributed by atoms with Gasteiger partial charge >= 0.3 is 6.18 Å². The predicted octanol–water partition coefficient (Wildman–Crippen LogP) is 3.80. The monoisotopic (exact) mass is 314 g/mol. The summed E-state index contributed by atoms with van der Waals surface area (Å²) < 4.78 is 62.7. The third-order valence-corrected chi connectivity index (χ3v) is 2.44. The molecule has 17 heavy (non-hydrogen) atoms. The molecule has 0 aromatic carbocycles. The maximum atomic E-state index is 12.6. The van der Waals surface area contributed by atoms with Gasteiger partial charge in [0.25, 0.3) is 6.43 Å². The van der Waals surface area contributed by atoms with Gasteiger partial charge in [0.15, 0.2) is 5.69 Å². The average Bonchev–Trinajstić information content (AvgIpc) is 2.25. The zero-order valence-electron chi connectivity index (χ0n) is 8.02. The lowest BCUT2D eigenvalue weighted by molar-refractivity contribution is -0.140. The fraction of sp³-hybridized carbons (Fsp3) is 0.333. The highest BCUT2D eigenvalue weighted by Gasteiger charge is 2.39. The minimum atomic E-state index is -5.03. The number of hydrogen-bond donors (Lipinski definition) is 0. The smallest absolute Gasteiger partial charge is 0.241 e. The molecule has 0 atom stereocenters. The van der Waals surface area contributed by atoms with Crippen LogP contribution in [0.5, 0.6) is 0 Å². The van der Waals surface area contributed by atoms with Gasteiger partial charge in [0.1, 0.15) is 11.6 Å². The molecule has 0 fully saturated rings. The molecule has 0 spiro atoms. The lowest BCUT2D eigenvalue weighted by atomic mass is 10.1. The van der Waals surface area contributed by atoms with Crippen molar-refractivity contribution < 1.29 is 22.0 Å². The van der Waals surface area contributed by atoms with Crippen LogP contribution in [-0.2, 0) is 11.5 Å². The minimum Gasteiger partial charge on any atom is -0.241 e. The number of aromatic nitrogens is 1. The van der Waals surface area contributed by atoms with Gasteiger partial charge < -0.3 is 0 Å².